The van der Waals surface area contributed by atoms with Crippen LogP contribution in [-0.2, 0) is 4.79 Å². The molecule has 0 radical (unpaired) electrons. The van der Waals surface area contributed by atoms with Gasteiger partial charge in [-0.15, -0.1) is 0 Å². The first-order valence-electron chi connectivity index (χ1n) is 12.8. The van der Waals surface area contributed by atoms with Crippen LogP contribution in [0.25, 0.3) is 5.57 Å². The Morgan fingerprint density at radius 3 is 2.43 bits per heavy atom. The predicted octanol–water partition coefficient (Wildman–Crippen LogP) is 6.25. The van der Waals surface area contributed by atoms with E-state index in [0.29, 0.717) is 11.5 Å². The van der Waals surface area contributed by atoms with Crippen molar-refractivity contribution in [3.8, 4) is 0 Å². The van der Waals surface area contributed by atoms with E-state index >= 15 is 4.39 Å². The highest BCUT2D eigenvalue weighted by molar-refractivity contribution is 6.14. The molecule has 0 bridgehead atoms. The summed E-state index contributed by atoms with van der Waals surface area (Å²) >= 11 is 0. The van der Waals surface area contributed by atoms with Crippen LogP contribution < -0.4 is 11.1 Å². The molecule has 3 rings (SSSR count). The van der Waals surface area contributed by atoms with Crippen LogP contribution in [0.1, 0.15) is 109 Å². The number of nitrogens with two attached hydrogens (primary N) is 1. The molecule has 37 heavy (non-hydrogen) atoms. The number of carbonyl (C=O) groups excluding carboxylic acids is 3. The number of primary amides is 1. The number of halogens is 2. The number of hydrogen-bond acceptors (Lipinski definition) is 3. The second kappa shape index (κ2) is 12.6. The van der Waals surface area contributed by atoms with Gasteiger partial charge in [0.25, 0.3) is 5.91 Å². The van der Waals surface area contributed by atoms with Crippen molar-refractivity contribution in [2.45, 2.75) is 71.6 Å². The molecule has 2 amide bonds. The van der Waals surface area contributed by atoms with Gasteiger partial charge in [-0.05, 0) is 56.2 Å². The number of allylic oxidation sites excluding steroid dienone is 4. The summed E-state index contributed by atoms with van der Waals surface area (Å²) in [5.74, 6) is -2.54. The zero-order valence-electron chi connectivity index (χ0n) is 21.7. The largest absolute Gasteiger partial charge is 0.370 e. The van der Waals surface area contributed by atoms with Crippen molar-refractivity contribution in [2.24, 2.45) is 5.73 Å². The first-order chi connectivity index (χ1) is 17.6. The number of rotatable bonds is 10. The van der Waals surface area contributed by atoms with Gasteiger partial charge in [-0.25, -0.2) is 8.78 Å². The average Bonchev–Trinajstić information content (AvgIpc) is 3.33. The van der Waals surface area contributed by atoms with E-state index in [1.54, 1.807) is 13.0 Å². The Labute approximate surface area is 216 Å². The van der Waals surface area contributed by atoms with Crippen molar-refractivity contribution in [3.63, 3.8) is 0 Å². The summed E-state index contributed by atoms with van der Waals surface area (Å²) in [7, 11) is 0. The molecule has 1 aromatic carbocycles. The number of aromatic amines is 1. The number of nitrogens with one attached hydrogen (secondary N) is 2. The summed E-state index contributed by atoms with van der Waals surface area (Å²) in [6.45, 7) is 4.16. The molecule has 0 unspecified atom stereocenters. The Morgan fingerprint density at radius 2 is 1.81 bits per heavy atom. The van der Waals surface area contributed by atoms with Gasteiger partial charge >= 0.3 is 0 Å². The molecule has 1 aliphatic rings. The van der Waals surface area contributed by atoms with Gasteiger partial charge in [-0.3, -0.25) is 14.4 Å². The fourth-order valence-electron chi connectivity index (χ4n) is 4.83. The summed E-state index contributed by atoms with van der Waals surface area (Å²) in [6.07, 6.45) is 6.82. The van der Waals surface area contributed by atoms with E-state index in [0.717, 1.165) is 31.2 Å². The number of hydrogen-bond donors (Lipinski definition) is 3. The van der Waals surface area contributed by atoms with Gasteiger partial charge in [-0.1, -0.05) is 44.4 Å². The number of benzene rings is 1. The van der Waals surface area contributed by atoms with Crippen molar-refractivity contribution in [2.75, 3.05) is 6.54 Å². The molecule has 0 atom stereocenters. The van der Waals surface area contributed by atoms with Gasteiger partial charge in [0, 0.05) is 35.9 Å². The molecule has 1 aliphatic carbocycles. The maximum atomic E-state index is 15.3. The first kappa shape index (κ1) is 28.0. The Bertz CT molecular complexity index is 1230. The summed E-state index contributed by atoms with van der Waals surface area (Å²) in [5, 5.41) is 2.57. The lowest BCUT2D eigenvalue weighted by Crippen LogP contribution is -2.28. The number of ketones is 1. The second-order valence-corrected chi connectivity index (χ2v) is 9.51. The number of H-pyrrole nitrogens is 1. The Kier molecular flexibility index (Phi) is 9.55. The Morgan fingerprint density at radius 1 is 1.11 bits per heavy atom. The zero-order valence-corrected chi connectivity index (χ0v) is 21.7. The van der Waals surface area contributed by atoms with Gasteiger partial charge in [0.05, 0.1) is 11.3 Å². The highest BCUT2D eigenvalue weighted by atomic mass is 19.1. The van der Waals surface area contributed by atoms with Gasteiger partial charge in [0.1, 0.15) is 11.7 Å². The highest BCUT2D eigenvalue weighted by Gasteiger charge is 2.29. The van der Waals surface area contributed by atoms with Crippen molar-refractivity contribution in [1.29, 1.82) is 0 Å². The molecule has 2 aromatic rings. The van der Waals surface area contributed by atoms with E-state index in [1.807, 2.05) is 18.2 Å². The fourth-order valence-corrected chi connectivity index (χ4v) is 4.83. The SMILES string of the molecule is CC/C(F)=C(\C(C)=C(/C)F)c1c(C(=O)NCCC(N)=O)c[nH]c1C(=O)c1cccc(C2CCCCC2)c1. The molecule has 0 saturated heterocycles. The zero-order chi connectivity index (χ0) is 27.1. The molecule has 1 aromatic heterocycles. The average molecular weight is 512 g/mol. The standard InChI is InChI=1S/C29H35F2N3O3/c1-4-23(31)25(17(2)18(3)30)26-22(29(37)33-14-13-24(32)35)16-34-27(26)28(36)21-12-8-11-20(15-21)19-9-6-5-7-10-19/h8,11-12,15-16,19,34H,4-7,9-10,13-14H2,1-3H3,(H2,32,35)(H,33,37)/b18-17+,25-23-. The lowest BCUT2D eigenvalue weighted by Gasteiger charge is -2.22. The van der Waals surface area contributed by atoms with Crippen LogP contribution in [0.3, 0.4) is 0 Å². The van der Waals surface area contributed by atoms with Gasteiger partial charge < -0.3 is 16.0 Å². The third-order valence-corrected chi connectivity index (χ3v) is 6.96. The number of amides is 2. The smallest absolute Gasteiger partial charge is 0.253 e. The molecule has 1 heterocycles. The number of carbonyl (C=O) groups is 3. The van der Waals surface area contributed by atoms with Gasteiger partial charge in [0.2, 0.25) is 11.7 Å². The van der Waals surface area contributed by atoms with E-state index in [2.05, 4.69) is 10.3 Å². The maximum absolute atomic E-state index is 15.3. The van der Waals surface area contributed by atoms with Gasteiger partial charge in [0.15, 0.2) is 0 Å². The molecular weight excluding hydrogens is 476 g/mol. The second-order valence-electron chi connectivity index (χ2n) is 9.51. The van der Waals surface area contributed by atoms with E-state index in [4.69, 9.17) is 5.73 Å². The van der Waals surface area contributed by atoms with E-state index < -0.39 is 29.3 Å². The predicted molar refractivity (Wildman–Crippen MR) is 140 cm³/mol. The van der Waals surface area contributed by atoms with Crippen molar-refractivity contribution in [3.05, 3.63) is 75.6 Å². The molecule has 8 heteroatoms. The lowest BCUT2D eigenvalue weighted by atomic mass is 9.83. The van der Waals surface area contributed by atoms with E-state index in [1.165, 1.54) is 26.5 Å². The third kappa shape index (κ3) is 6.61. The lowest BCUT2D eigenvalue weighted by molar-refractivity contribution is -0.117. The molecular formula is C29H35F2N3O3. The Hall–Kier alpha value is -3.55. The van der Waals surface area contributed by atoms with E-state index in [9.17, 15) is 18.8 Å². The van der Waals surface area contributed by atoms with Gasteiger partial charge in [-0.2, -0.15) is 0 Å². The topological polar surface area (TPSA) is 105 Å². The maximum Gasteiger partial charge on any atom is 0.253 e. The minimum atomic E-state index is -0.648. The van der Waals surface area contributed by atoms with E-state index in [-0.39, 0.29) is 47.4 Å². The minimum absolute atomic E-state index is 0.0000420. The molecule has 6 nitrogen and oxygen atoms in total. The van der Waals surface area contributed by atoms with Crippen LogP contribution in [0.15, 0.2) is 47.7 Å². The molecule has 198 valence electrons. The summed E-state index contributed by atoms with van der Waals surface area (Å²) < 4.78 is 29.7. The van der Waals surface area contributed by atoms with Crippen molar-refractivity contribution < 1.29 is 23.2 Å². The van der Waals surface area contributed by atoms with Crippen LogP contribution in [0.4, 0.5) is 8.78 Å². The Balaban J connectivity index is 2.12. The summed E-state index contributed by atoms with van der Waals surface area (Å²) in [6, 6.07) is 7.39. The van der Waals surface area contributed by atoms with Crippen LogP contribution in [0.2, 0.25) is 0 Å². The first-order valence-corrected chi connectivity index (χ1v) is 12.8. The third-order valence-electron chi connectivity index (χ3n) is 6.96. The van der Waals surface area contributed by atoms with Crippen LogP contribution in [0.5, 0.6) is 0 Å². The quantitative estimate of drug-likeness (QED) is 0.259. The summed E-state index contributed by atoms with van der Waals surface area (Å²) in [5.41, 5.74) is 6.48. The normalized spacial score (nSPS) is 15.6. The molecule has 4 N–H and O–H groups in total. The van der Waals surface area contributed by atoms with Crippen molar-refractivity contribution in [1.82, 2.24) is 10.3 Å². The molecule has 0 spiro atoms. The van der Waals surface area contributed by atoms with Crippen molar-refractivity contribution >= 4 is 23.2 Å². The summed E-state index contributed by atoms with van der Waals surface area (Å²) in [4.78, 5) is 40.8. The fraction of sp³-hybridized carbons (Fsp3) is 0.414. The molecule has 1 fully saturated rings. The van der Waals surface area contributed by atoms with Crippen LogP contribution >= 0.6 is 0 Å². The highest BCUT2D eigenvalue weighted by Crippen LogP contribution is 2.37. The monoisotopic (exact) mass is 511 g/mol. The minimum Gasteiger partial charge on any atom is -0.370 e. The molecule has 1 saturated carbocycles. The van der Waals surface area contributed by atoms with Crippen LogP contribution in [-0.4, -0.2) is 29.1 Å². The molecule has 0 aliphatic heterocycles. The van der Waals surface area contributed by atoms with Crippen LogP contribution in [0, 0.1) is 0 Å². The number of aromatic nitrogens is 1.